The number of hydrogen-bond donors (Lipinski definition) is 2. The fourth-order valence-electron chi connectivity index (χ4n) is 3.74. The number of benzene rings is 1. The Morgan fingerprint density at radius 1 is 1.32 bits per heavy atom. The molecule has 1 saturated heterocycles. The Kier molecular flexibility index (Phi) is 3.73. The first-order valence-electron chi connectivity index (χ1n) is 8.44. The van der Waals surface area contributed by atoms with Crippen LogP contribution in [0.5, 0.6) is 0 Å². The van der Waals surface area contributed by atoms with E-state index in [1.165, 1.54) is 5.56 Å². The molecule has 1 aromatic carbocycles. The van der Waals surface area contributed by atoms with Crippen molar-refractivity contribution in [3.05, 3.63) is 52.7 Å². The molecule has 2 aliphatic rings. The summed E-state index contributed by atoms with van der Waals surface area (Å²) >= 11 is 0. The number of pyridine rings is 1. The van der Waals surface area contributed by atoms with E-state index in [1.54, 1.807) is 12.3 Å². The largest absolute Gasteiger partial charge is 0.384 e. The lowest BCUT2D eigenvalue weighted by atomic mass is 9.78. The number of nitriles is 1. The van der Waals surface area contributed by atoms with Crippen molar-refractivity contribution in [3.8, 4) is 17.2 Å². The lowest BCUT2D eigenvalue weighted by Crippen LogP contribution is -2.27. The minimum Gasteiger partial charge on any atom is -0.384 e. The maximum atomic E-state index is 12.3. The third kappa shape index (κ3) is 2.76. The van der Waals surface area contributed by atoms with Crippen molar-refractivity contribution in [1.82, 2.24) is 10.3 Å². The lowest BCUT2D eigenvalue weighted by Gasteiger charge is -2.25. The molecule has 0 saturated carbocycles. The zero-order chi connectivity index (χ0) is 17.4. The van der Waals surface area contributed by atoms with Crippen molar-refractivity contribution < 1.29 is 4.79 Å². The first-order chi connectivity index (χ1) is 12.2. The summed E-state index contributed by atoms with van der Waals surface area (Å²) in [6.45, 7) is 0.723. The third-order valence-electron chi connectivity index (χ3n) is 4.99. The maximum Gasteiger partial charge on any atom is 0.247 e. The number of nitrogens with two attached hydrogens (primary N) is 1. The SMILES string of the molecule is N#Cc1cc2c(c(-c3ccc(N)nc3)c1)CC1CCCNC(=O)C1=C2. The molecule has 5 nitrogen and oxygen atoms in total. The molecular formula is C20H18N4O. The lowest BCUT2D eigenvalue weighted by molar-refractivity contribution is -0.117. The number of fused-ring (bicyclic) bond motifs is 2. The molecule has 1 unspecified atom stereocenters. The van der Waals surface area contributed by atoms with Crippen molar-refractivity contribution in [1.29, 1.82) is 5.26 Å². The Morgan fingerprint density at radius 3 is 2.96 bits per heavy atom. The van der Waals surface area contributed by atoms with Gasteiger partial charge in [-0.15, -0.1) is 0 Å². The number of aromatic nitrogens is 1. The zero-order valence-electron chi connectivity index (χ0n) is 13.7. The summed E-state index contributed by atoms with van der Waals surface area (Å²) in [6, 6.07) is 9.69. The molecule has 124 valence electrons. The normalized spacial score (nSPS) is 18.9. The number of carbonyl (C=O) groups is 1. The summed E-state index contributed by atoms with van der Waals surface area (Å²) in [4.78, 5) is 16.5. The second-order valence-corrected chi connectivity index (χ2v) is 6.57. The molecule has 1 aromatic heterocycles. The molecule has 25 heavy (non-hydrogen) atoms. The monoisotopic (exact) mass is 330 g/mol. The average Bonchev–Trinajstić information content (AvgIpc) is 2.81. The van der Waals surface area contributed by atoms with Gasteiger partial charge in [0.1, 0.15) is 5.82 Å². The van der Waals surface area contributed by atoms with Crippen LogP contribution in [0, 0.1) is 17.2 Å². The second kappa shape index (κ2) is 6.06. The van der Waals surface area contributed by atoms with Crippen LogP contribution >= 0.6 is 0 Å². The van der Waals surface area contributed by atoms with Gasteiger partial charge in [0.25, 0.3) is 0 Å². The number of amides is 1. The molecular weight excluding hydrogens is 312 g/mol. The van der Waals surface area contributed by atoms with Gasteiger partial charge >= 0.3 is 0 Å². The molecule has 3 N–H and O–H groups in total. The van der Waals surface area contributed by atoms with Gasteiger partial charge in [0.2, 0.25) is 5.91 Å². The minimum atomic E-state index is 0.0196. The average molecular weight is 330 g/mol. The van der Waals surface area contributed by atoms with Gasteiger partial charge in [-0.1, -0.05) is 0 Å². The quantitative estimate of drug-likeness (QED) is 0.841. The van der Waals surface area contributed by atoms with Gasteiger partial charge in [-0.05, 0) is 72.2 Å². The summed E-state index contributed by atoms with van der Waals surface area (Å²) in [5.41, 5.74) is 11.2. The highest BCUT2D eigenvalue weighted by Crippen LogP contribution is 2.38. The molecule has 2 heterocycles. The van der Waals surface area contributed by atoms with E-state index in [-0.39, 0.29) is 11.8 Å². The van der Waals surface area contributed by atoms with E-state index in [0.29, 0.717) is 11.4 Å². The van der Waals surface area contributed by atoms with Crippen molar-refractivity contribution in [2.45, 2.75) is 19.3 Å². The van der Waals surface area contributed by atoms with Crippen LogP contribution in [-0.2, 0) is 11.2 Å². The predicted octanol–water partition coefficient (Wildman–Crippen LogP) is 2.67. The highest BCUT2D eigenvalue weighted by molar-refractivity contribution is 6.00. The van der Waals surface area contributed by atoms with Crippen LogP contribution in [-0.4, -0.2) is 17.4 Å². The molecule has 1 fully saturated rings. The molecule has 2 aromatic rings. The summed E-state index contributed by atoms with van der Waals surface area (Å²) in [5.74, 6) is 0.714. The number of hydrogen-bond acceptors (Lipinski definition) is 4. The number of carbonyl (C=O) groups excluding carboxylic acids is 1. The molecule has 0 spiro atoms. The standard InChI is InChI=1S/C20H18N4O/c21-10-12-6-15-9-18-13(2-1-5-23-20(18)25)8-17(15)16(7-12)14-3-4-19(22)24-11-14/h3-4,6-7,9,11,13H,1-2,5,8H2,(H2,22,24)(H,23,25). The molecule has 4 rings (SSSR count). The molecule has 1 atom stereocenters. The zero-order valence-corrected chi connectivity index (χ0v) is 13.7. The van der Waals surface area contributed by atoms with Gasteiger partial charge in [-0.2, -0.15) is 5.26 Å². The van der Waals surface area contributed by atoms with Crippen LogP contribution in [0.1, 0.15) is 29.5 Å². The minimum absolute atomic E-state index is 0.0196. The summed E-state index contributed by atoms with van der Waals surface area (Å²) in [5, 5.41) is 12.4. The fraction of sp³-hybridized carbons (Fsp3) is 0.250. The Morgan fingerprint density at radius 2 is 2.20 bits per heavy atom. The Hall–Kier alpha value is -3.13. The van der Waals surface area contributed by atoms with E-state index in [9.17, 15) is 10.1 Å². The number of anilines is 1. The third-order valence-corrected chi connectivity index (χ3v) is 4.99. The van der Waals surface area contributed by atoms with Crippen molar-refractivity contribution in [3.63, 3.8) is 0 Å². The Bertz CT molecular complexity index is 922. The van der Waals surface area contributed by atoms with Crippen LogP contribution in [0.2, 0.25) is 0 Å². The van der Waals surface area contributed by atoms with Crippen molar-refractivity contribution in [2.24, 2.45) is 5.92 Å². The van der Waals surface area contributed by atoms with E-state index in [1.807, 2.05) is 24.3 Å². The summed E-state index contributed by atoms with van der Waals surface area (Å²) in [6.07, 6.45) is 6.48. The van der Waals surface area contributed by atoms with Crippen molar-refractivity contribution in [2.75, 3.05) is 12.3 Å². The maximum absolute atomic E-state index is 12.3. The van der Waals surface area contributed by atoms with E-state index >= 15 is 0 Å². The van der Waals surface area contributed by atoms with Gasteiger partial charge < -0.3 is 11.1 Å². The van der Waals surface area contributed by atoms with E-state index in [4.69, 9.17) is 5.73 Å². The highest BCUT2D eigenvalue weighted by Gasteiger charge is 2.29. The topological polar surface area (TPSA) is 91.8 Å². The second-order valence-electron chi connectivity index (χ2n) is 6.57. The summed E-state index contributed by atoms with van der Waals surface area (Å²) in [7, 11) is 0. The Balaban J connectivity index is 1.89. The number of nitrogens with one attached hydrogen (secondary N) is 1. The number of nitrogens with zero attached hydrogens (tertiary/aromatic N) is 2. The summed E-state index contributed by atoms with van der Waals surface area (Å²) < 4.78 is 0. The molecule has 0 radical (unpaired) electrons. The van der Waals surface area contributed by atoms with Crippen LogP contribution in [0.4, 0.5) is 5.82 Å². The molecule has 5 heteroatoms. The first-order valence-corrected chi connectivity index (χ1v) is 8.44. The number of rotatable bonds is 1. The van der Waals surface area contributed by atoms with Crippen LogP contribution in [0.25, 0.3) is 17.2 Å². The van der Waals surface area contributed by atoms with Gasteiger partial charge in [-0.25, -0.2) is 4.98 Å². The Labute approximate surface area is 146 Å². The van der Waals surface area contributed by atoms with Gasteiger partial charge in [-0.3, -0.25) is 4.79 Å². The van der Waals surface area contributed by atoms with Crippen LogP contribution in [0.15, 0.2) is 36.0 Å². The first kappa shape index (κ1) is 15.4. The predicted molar refractivity (Wildman–Crippen MR) is 96.2 cm³/mol. The molecule has 1 amide bonds. The van der Waals surface area contributed by atoms with Gasteiger partial charge in [0, 0.05) is 23.9 Å². The highest BCUT2D eigenvalue weighted by atomic mass is 16.1. The smallest absolute Gasteiger partial charge is 0.247 e. The molecule has 1 aliphatic carbocycles. The number of nitrogen functional groups attached to an aromatic ring is 1. The van der Waals surface area contributed by atoms with Crippen LogP contribution < -0.4 is 11.1 Å². The molecule has 0 bridgehead atoms. The van der Waals surface area contributed by atoms with E-state index < -0.39 is 0 Å². The van der Waals surface area contributed by atoms with Gasteiger partial charge in [0.05, 0.1) is 11.6 Å². The fourth-order valence-corrected chi connectivity index (χ4v) is 3.74. The van der Waals surface area contributed by atoms with E-state index in [2.05, 4.69) is 16.4 Å². The van der Waals surface area contributed by atoms with Gasteiger partial charge in [0.15, 0.2) is 0 Å². The van der Waals surface area contributed by atoms with Crippen molar-refractivity contribution >= 4 is 17.8 Å². The molecule has 1 aliphatic heterocycles. The van der Waals surface area contributed by atoms with Crippen LogP contribution in [0.3, 0.4) is 0 Å². The van der Waals surface area contributed by atoms with E-state index in [0.717, 1.165) is 48.1 Å².